The fourth-order valence-electron chi connectivity index (χ4n) is 3.35. The molecule has 1 atom stereocenters. The van der Waals surface area contributed by atoms with E-state index >= 15 is 0 Å². The van der Waals surface area contributed by atoms with Crippen molar-refractivity contribution in [2.75, 3.05) is 24.7 Å². The summed E-state index contributed by atoms with van der Waals surface area (Å²) < 4.78 is 11.0. The maximum atomic E-state index is 5.54. The van der Waals surface area contributed by atoms with Crippen LogP contribution in [-0.4, -0.2) is 35.8 Å². The van der Waals surface area contributed by atoms with Gasteiger partial charge in [0.1, 0.15) is 17.9 Å². The Bertz CT molecular complexity index is 694. The molecule has 0 unspecified atom stereocenters. The van der Waals surface area contributed by atoms with Crippen molar-refractivity contribution >= 4 is 5.82 Å². The minimum atomic E-state index is 0.410. The van der Waals surface area contributed by atoms with Gasteiger partial charge >= 0.3 is 0 Å². The number of nitrogens with zero attached hydrogens (tertiary/aromatic N) is 3. The fraction of sp³-hybridized carbons (Fsp3) is 0.500. The number of hydrogen-bond donors (Lipinski definition) is 0. The second kappa shape index (κ2) is 7.40. The lowest BCUT2D eigenvalue weighted by Crippen LogP contribution is -2.26. The van der Waals surface area contributed by atoms with Gasteiger partial charge in [-0.2, -0.15) is 0 Å². The van der Waals surface area contributed by atoms with E-state index in [0.29, 0.717) is 18.6 Å². The lowest BCUT2D eigenvalue weighted by molar-refractivity contribution is 0.193. The van der Waals surface area contributed by atoms with Gasteiger partial charge in [-0.1, -0.05) is 12.1 Å². The van der Waals surface area contributed by atoms with Crippen molar-refractivity contribution in [1.82, 2.24) is 9.97 Å². The summed E-state index contributed by atoms with van der Waals surface area (Å²) in [6.07, 6.45) is 5.24. The van der Waals surface area contributed by atoms with Gasteiger partial charge in [0.2, 0.25) is 0 Å². The second-order valence-corrected chi connectivity index (χ2v) is 6.80. The summed E-state index contributed by atoms with van der Waals surface area (Å²) in [6.45, 7) is 5.18. The molecule has 132 valence electrons. The van der Waals surface area contributed by atoms with Crippen LogP contribution in [-0.2, 0) is 11.3 Å². The quantitative estimate of drug-likeness (QED) is 0.772. The zero-order valence-corrected chi connectivity index (χ0v) is 14.7. The first-order valence-electron chi connectivity index (χ1n) is 9.21. The Balaban J connectivity index is 1.52. The van der Waals surface area contributed by atoms with Gasteiger partial charge < -0.3 is 14.4 Å². The Morgan fingerprint density at radius 2 is 2.00 bits per heavy atom. The van der Waals surface area contributed by atoms with Crippen LogP contribution in [0.3, 0.4) is 0 Å². The van der Waals surface area contributed by atoms with Crippen molar-refractivity contribution < 1.29 is 9.47 Å². The van der Waals surface area contributed by atoms with Crippen LogP contribution in [0.5, 0.6) is 5.75 Å². The smallest absolute Gasteiger partial charge is 0.132 e. The predicted octanol–water partition coefficient (Wildman–Crippen LogP) is 3.55. The monoisotopic (exact) mass is 339 g/mol. The van der Waals surface area contributed by atoms with E-state index in [4.69, 9.17) is 9.47 Å². The van der Waals surface area contributed by atoms with Gasteiger partial charge in [-0.15, -0.1) is 0 Å². The minimum Gasteiger partial charge on any atom is -0.494 e. The number of ether oxygens (including phenoxy) is 2. The molecule has 2 aliphatic rings. The van der Waals surface area contributed by atoms with Gasteiger partial charge in [-0.25, -0.2) is 9.97 Å². The molecule has 4 rings (SSSR count). The highest BCUT2D eigenvalue weighted by Gasteiger charge is 2.31. The van der Waals surface area contributed by atoms with Crippen LogP contribution in [0.4, 0.5) is 5.82 Å². The number of benzene rings is 1. The lowest BCUT2D eigenvalue weighted by Gasteiger charge is -2.24. The predicted molar refractivity (Wildman–Crippen MR) is 97.0 cm³/mol. The summed E-state index contributed by atoms with van der Waals surface area (Å²) in [5, 5.41) is 0. The Hall–Kier alpha value is -2.14. The van der Waals surface area contributed by atoms with Crippen molar-refractivity contribution in [2.24, 2.45) is 0 Å². The summed E-state index contributed by atoms with van der Waals surface area (Å²) >= 11 is 0. The molecule has 1 aliphatic heterocycles. The summed E-state index contributed by atoms with van der Waals surface area (Å²) in [5.41, 5.74) is 2.39. The maximum Gasteiger partial charge on any atom is 0.132 e. The summed E-state index contributed by atoms with van der Waals surface area (Å²) in [6, 6.07) is 11.1. The highest BCUT2D eigenvalue weighted by Crippen LogP contribution is 2.33. The molecule has 0 radical (unpaired) electrons. The molecule has 2 aromatic rings. The summed E-state index contributed by atoms with van der Waals surface area (Å²) in [5.74, 6) is 2.37. The topological polar surface area (TPSA) is 47.5 Å². The average Bonchev–Trinajstić information content (AvgIpc) is 3.34. The van der Waals surface area contributed by atoms with Gasteiger partial charge in [0, 0.05) is 31.2 Å². The number of aromatic nitrogens is 2. The van der Waals surface area contributed by atoms with Gasteiger partial charge in [0.25, 0.3) is 0 Å². The first-order valence-corrected chi connectivity index (χ1v) is 9.21. The molecule has 2 heterocycles. The van der Waals surface area contributed by atoms with Crippen molar-refractivity contribution in [3.8, 4) is 5.75 Å². The van der Waals surface area contributed by atoms with Crippen LogP contribution in [0.25, 0.3) is 0 Å². The van der Waals surface area contributed by atoms with E-state index in [9.17, 15) is 0 Å². The van der Waals surface area contributed by atoms with E-state index in [1.165, 1.54) is 18.4 Å². The number of rotatable bonds is 7. The Kier molecular flexibility index (Phi) is 4.83. The highest BCUT2D eigenvalue weighted by atomic mass is 16.5. The van der Waals surface area contributed by atoms with Gasteiger partial charge in [-0.3, -0.25) is 0 Å². The van der Waals surface area contributed by atoms with Gasteiger partial charge in [0.15, 0.2) is 0 Å². The van der Waals surface area contributed by atoms with E-state index in [1.807, 2.05) is 19.1 Å². The van der Waals surface area contributed by atoms with Gasteiger partial charge in [0.05, 0.1) is 18.9 Å². The van der Waals surface area contributed by atoms with E-state index in [1.54, 1.807) is 6.33 Å². The third-order valence-electron chi connectivity index (χ3n) is 4.89. The van der Waals surface area contributed by atoms with Crippen molar-refractivity contribution in [2.45, 2.75) is 44.7 Å². The molecule has 0 N–H and O–H groups in total. The van der Waals surface area contributed by atoms with E-state index < -0.39 is 0 Å². The van der Waals surface area contributed by atoms with Crippen LogP contribution in [0.2, 0.25) is 0 Å². The van der Waals surface area contributed by atoms with E-state index in [2.05, 4.69) is 33.1 Å². The molecule has 1 saturated heterocycles. The van der Waals surface area contributed by atoms with Crippen LogP contribution in [0.1, 0.15) is 43.4 Å². The number of anilines is 1. The van der Waals surface area contributed by atoms with Crippen LogP contribution < -0.4 is 9.64 Å². The molecule has 25 heavy (non-hydrogen) atoms. The molecule has 0 amide bonds. The maximum absolute atomic E-state index is 5.54. The molecule has 1 aromatic carbocycles. The lowest BCUT2D eigenvalue weighted by atomic mass is 10.0. The fourth-order valence-corrected chi connectivity index (χ4v) is 3.35. The zero-order valence-electron chi connectivity index (χ0n) is 14.7. The molecular weight excluding hydrogens is 314 g/mol. The zero-order chi connectivity index (χ0) is 17.1. The first kappa shape index (κ1) is 16.3. The van der Waals surface area contributed by atoms with E-state index in [0.717, 1.165) is 43.4 Å². The Morgan fingerprint density at radius 1 is 1.16 bits per heavy atom. The van der Waals surface area contributed by atoms with Gasteiger partial charge in [-0.05, 0) is 43.9 Å². The largest absolute Gasteiger partial charge is 0.494 e. The standard InChI is InChI=1S/C20H25N3O2/c1-2-25-18-7-3-15(4-8-18)12-23(17-5-6-17)20-11-19(21-14-22-20)16-9-10-24-13-16/h3-4,7-8,11,14,16-17H,2,5-6,9-10,12-13H2,1H3/t16-/m0/s1. The molecule has 1 aromatic heterocycles. The molecular formula is C20H25N3O2. The van der Waals surface area contributed by atoms with Crippen molar-refractivity contribution in [1.29, 1.82) is 0 Å². The molecule has 5 heteroatoms. The molecule has 1 aliphatic carbocycles. The number of hydrogen-bond acceptors (Lipinski definition) is 5. The van der Waals surface area contributed by atoms with Crippen molar-refractivity contribution in [3.05, 3.63) is 47.9 Å². The normalized spacial score (nSPS) is 19.8. The van der Waals surface area contributed by atoms with Crippen LogP contribution in [0.15, 0.2) is 36.7 Å². The van der Waals surface area contributed by atoms with Crippen LogP contribution >= 0.6 is 0 Å². The SMILES string of the molecule is CCOc1ccc(CN(c2cc([C@H]3CCOC3)ncn2)C2CC2)cc1. The third kappa shape index (κ3) is 3.93. The first-order chi connectivity index (χ1) is 12.3. The summed E-state index contributed by atoms with van der Waals surface area (Å²) in [4.78, 5) is 11.5. The minimum absolute atomic E-state index is 0.410. The summed E-state index contributed by atoms with van der Waals surface area (Å²) in [7, 11) is 0. The molecule has 1 saturated carbocycles. The third-order valence-corrected chi connectivity index (χ3v) is 4.89. The Morgan fingerprint density at radius 3 is 2.68 bits per heavy atom. The average molecular weight is 339 g/mol. The Labute approximate surface area is 149 Å². The van der Waals surface area contributed by atoms with E-state index in [-0.39, 0.29) is 0 Å². The highest BCUT2D eigenvalue weighted by molar-refractivity contribution is 5.44. The molecule has 0 spiro atoms. The second-order valence-electron chi connectivity index (χ2n) is 6.80. The van der Waals surface area contributed by atoms with Crippen molar-refractivity contribution in [3.63, 3.8) is 0 Å². The molecule has 5 nitrogen and oxygen atoms in total. The molecule has 2 fully saturated rings. The van der Waals surface area contributed by atoms with Crippen LogP contribution in [0, 0.1) is 0 Å². The molecule has 0 bridgehead atoms.